The molecule has 162 valence electrons. The number of likely N-dealkylation sites (tertiary alicyclic amines) is 1. The van der Waals surface area contributed by atoms with Gasteiger partial charge in [-0.2, -0.15) is 0 Å². The molecular formula is C22H30N4O4. The molecule has 0 aromatic heterocycles. The molecule has 8 heteroatoms. The van der Waals surface area contributed by atoms with E-state index >= 15 is 0 Å². The predicted molar refractivity (Wildman–Crippen MR) is 110 cm³/mol. The molecule has 0 bridgehead atoms. The van der Waals surface area contributed by atoms with Crippen LogP contribution in [0.25, 0.3) is 0 Å². The molecule has 8 nitrogen and oxygen atoms in total. The summed E-state index contributed by atoms with van der Waals surface area (Å²) in [5.41, 5.74) is 0.713. The summed E-state index contributed by atoms with van der Waals surface area (Å²) in [7, 11) is 0. The van der Waals surface area contributed by atoms with E-state index in [0.717, 1.165) is 5.56 Å². The number of fused-ring (bicyclic) bond motifs is 2. The number of nitrogens with zero attached hydrogens (tertiary/aromatic N) is 3. The summed E-state index contributed by atoms with van der Waals surface area (Å²) in [4.78, 5) is 42.5. The maximum atomic E-state index is 13.0. The smallest absolute Gasteiger partial charge is 0.227 e. The number of β-amino-alcohol motifs (C(OH)–C–C–N with tert-alkyl or cyclic N) is 1. The van der Waals surface area contributed by atoms with Gasteiger partial charge in [0.1, 0.15) is 0 Å². The molecule has 0 saturated carbocycles. The van der Waals surface area contributed by atoms with Crippen LogP contribution in [0.2, 0.25) is 0 Å². The number of carbonyl (C=O) groups is 3. The van der Waals surface area contributed by atoms with Gasteiger partial charge in [-0.05, 0) is 12.0 Å². The van der Waals surface area contributed by atoms with Crippen LogP contribution >= 0.6 is 0 Å². The Kier molecular flexibility index (Phi) is 5.79. The van der Waals surface area contributed by atoms with Crippen molar-refractivity contribution in [3.63, 3.8) is 0 Å². The van der Waals surface area contributed by atoms with Gasteiger partial charge in [-0.1, -0.05) is 30.3 Å². The highest BCUT2D eigenvalue weighted by molar-refractivity contribution is 5.80. The van der Waals surface area contributed by atoms with Crippen LogP contribution in [0.15, 0.2) is 30.3 Å². The third kappa shape index (κ3) is 4.20. The van der Waals surface area contributed by atoms with Gasteiger partial charge in [0.05, 0.1) is 18.1 Å². The number of amides is 3. The minimum atomic E-state index is -0.388. The number of piperazine rings is 1. The third-order valence-electron chi connectivity index (χ3n) is 6.50. The van der Waals surface area contributed by atoms with Crippen molar-refractivity contribution < 1.29 is 19.5 Å². The summed E-state index contributed by atoms with van der Waals surface area (Å²) >= 11 is 0. The van der Waals surface area contributed by atoms with Crippen molar-refractivity contribution in [2.45, 2.75) is 43.9 Å². The molecule has 2 atom stereocenters. The lowest BCUT2D eigenvalue weighted by molar-refractivity contribution is -0.161. The Balaban J connectivity index is 1.41. The monoisotopic (exact) mass is 414 g/mol. The molecule has 3 aliphatic heterocycles. The molecule has 4 rings (SSSR count). The van der Waals surface area contributed by atoms with E-state index in [1.54, 1.807) is 4.90 Å². The van der Waals surface area contributed by atoms with E-state index in [4.69, 9.17) is 0 Å². The van der Waals surface area contributed by atoms with Crippen LogP contribution in [0.4, 0.5) is 0 Å². The normalized spacial score (nSPS) is 25.0. The first-order valence-corrected chi connectivity index (χ1v) is 10.6. The number of hydrogen-bond acceptors (Lipinski definition) is 5. The third-order valence-corrected chi connectivity index (χ3v) is 6.50. The average molecular weight is 415 g/mol. The molecule has 3 heterocycles. The minimum absolute atomic E-state index is 0.0124. The van der Waals surface area contributed by atoms with Crippen molar-refractivity contribution in [2.75, 3.05) is 39.3 Å². The Hall–Kier alpha value is -2.45. The van der Waals surface area contributed by atoms with Gasteiger partial charge in [0.25, 0.3) is 0 Å². The summed E-state index contributed by atoms with van der Waals surface area (Å²) in [6.45, 7) is 4.70. The van der Waals surface area contributed by atoms with Gasteiger partial charge in [0.2, 0.25) is 17.7 Å². The fourth-order valence-electron chi connectivity index (χ4n) is 5.11. The Labute approximate surface area is 176 Å². The molecule has 30 heavy (non-hydrogen) atoms. The van der Waals surface area contributed by atoms with E-state index in [2.05, 4.69) is 10.2 Å². The standard InChI is InChI=1S/C22H30N4O4/c1-16(27)23-8-7-20(29)25-14-22(15-25)13-24(11-18-10-19(28)12-26(18)22)21(30)9-17-5-3-2-4-6-17/h2-6,18-19,28H,7-15H2,1H3,(H,23,27)/t18-,19-/m1/s1. The highest BCUT2D eigenvalue weighted by Gasteiger charge is 2.57. The number of aliphatic hydroxyl groups excluding tert-OH is 1. The van der Waals surface area contributed by atoms with Crippen molar-refractivity contribution in [1.29, 1.82) is 0 Å². The molecule has 3 amide bonds. The molecule has 1 aromatic carbocycles. The van der Waals surface area contributed by atoms with E-state index in [0.29, 0.717) is 52.1 Å². The van der Waals surface area contributed by atoms with Crippen LogP contribution in [-0.4, -0.2) is 94.5 Å². The molecular weight excluding hydrogens is 384 g/mol. The predicted octanol–water partition coefficient (Wildman–Crippen LogP) is -0.386. The first kappa shape index (κ1) is 20.8. The lowest BCUT2D eigenvalue weighted by atomic mass is 9.83. The Bertz CT molecular complexity index is 809. The van der Waals surface area contributed by atoms with E-state index < -0.39 is 0 Å². The van der Waals surface area contributed by atoms with Crippen molar-refractivity contribution in [3.8, 4) is 0 Å². The van der Waals surface area contributed by atoms with Crippen LogP contribution in [0, 0.1) is 0 Å². The topological polar surface area (TPSA) is 93.2 Å². The molecule has 1 spiro atoms. The summed E-state index contributed by atoms with van der Waals surface area (Å²) in [6.07, 6.45) is 0.914. The molecule has 1 aromatic rings. The molecule has 3 saturated heterocycles. The van der Waals surface area contributed by atoms with Crippen LogP contribution in [0.1, 0.15) is 25.3 Å². The molecule has 2 N–H and O–H groups in total. The van der Waals surface area contributed by atoms with E-state index in [-0.39, 0.29) is 41.8 Å². The largest absolute Gasteiger partial charge is 0.392 e. The quantitative estimate of drug-likeness (QED) is 0.685. The van der Waals surface area contributed by atoms with Crippen LogP contribution < -0.4 is 5.32 Å². The minimum Gasteiger partial charge on any atom is -0.392 e. The lowest BCUT2D eigenvalue weighted by Crippen LogP contribution is -2.79. The van der Waals surface area contributed by atoms with Gasteiger partial charge >= 0.3 is 0 Å². The summed E-state index contributed by atoms with van der Waals surface area (Å²) in [6, 6.07) is 9.86. The van der Waals surface area contributed by atoms with Crippen molar-refractivity contribution in [3.05, 3.63) is 35.9 Å². The summed E-state index contributed by atoms with van der Waals surface area (Å²) < 4.78 is 0. The van der Waals surface area contributed by atoms with Gasteiger partial charge in [-0.15, -0.1) is 0 Å². The van der Waals surface area contributed by atoms with Crippen molar-refractivity contribution >= 4 is 17.7 Å². The zero-order valence-electron chi connectivity index (χ0n) is 17.4. The maximum Gasteiger partial charge on any atom is 0.227 e. The first-order valence-electron chi connectivity index (χ1n) is 10.6. The Morgan fingerprint density at radius 2 is 1.77 bits per heavy atom. The number of nitrogens with one attached hydrogen (secondary N) is 1. The molecule has 3 aliphatic rings. The second kappa shape index (κ2) is 8.35. The van der Waals surface area contributed by atoms with Gasteiger partial charge in [0.15, 0.2) is 0 Å². The van der Waals surface area contributed by atoms with E-state index in [9.17, 15) is 19.5 Å². The van der Waals surface area contributed by atoms with Crippen LogP contribution in [-0.2, 0) is 20.8 Å². The van der Waals surface area contributed by atoms with Gasteiger partial charge in [-0.25, -0.2) is 0 Å². The average Bonchev–Trinajstić information content (AvgIpc) is 3.06. The summed E-state index contributed by atoms with van der Waals surface area (Å²) in [5, 5.41) is 12.9. The second-order valence-electron chi connectivity index (χ2n) is 8.84. The van der Waals surface area contributed by atoms with Crippen LogP contribution in [0.5, 0.6) is 0 Å². The maximum absolute atomic E-state index is 13.0. The number of rotatable bonds is 5. The number of carbonyl (C=O) groups excluding carboxylic acids is 3. The Morgan fingerprint density at radius 1 is 1.07 bits per heavy atom. The first-order chi connectivity index (χ1) is 14.4. The second-order valence-corrected chi connectivity index (χ2v) is 8.84. The van der Waals surface area contributed by atoms with Crippen molar-refractivity contribution in [2.24, 2.45) is 0 Å². The highest BCUT2D eigenvalue weighted by Crippen LogP contribution is 2.39. The van der Waals surface area contributed by atoms with E-state index in [1.165, 1.54) is 6.92 Å². The summed E-state index contributed by atoms with van der Waals surface area (Å²) in [5.74, 6) is -0.0351. The zero-order chi connectivity index (χ0) is 21.3. The number of hydrogen-bond donors (Lipinski definition) is 2. The SMILES string of the molecule is CC(=O)NCCC(=O)N1CC2(CN(C(=O)Cc3ccccc3)C[C@H]3C[C@@H](O)CN32)C1. The van der Waals surface area contributed by atoms with Crippen molar-refractivity contribution in [1.82, 2.24) is 20.0 Å². The molecule has 0 radical (unpaired) electrons. The Morgan fingerprint density at radius 3 is 2.47 bits per heavy atom. The molecule has 0 aliphatic carbocycles. The molecule has 3 fully saturated rings. The lowest BCUT2D eigenvalue weighted by Gasteiger charge is -2.60. The van der Waals surface area contributed by atoms with Gasteiger partial charge < -0.3 is 20.2 Å². The fraction of sp³-hybridized carbons (Fsp3) is 0.591. The molecule has 0 unspecified atom stereocenters. The zero-order valence-corrected chi connectivity index (χ0v) is 17.4. The number of benzene rings is 1. The van der Waals surface area contributed by atoms with Gasteiger partial charge in [-0.3, -0.25) is 19.3 Å². The number of aliphatic hydroxyl groups is 1. The van der Waals surface area contributed by atoms with Gasteiger partial charge in [0, 0.05) is 58.7 Å². The highest BCUT2D eigenvalue weighted by atomic mass is 16.3. The van der Waals surface area contributed by atoms with Crippen LogP contribution in [0.3, 0.4) is 0 Å². The van der Waals surface area contributed by atoms with E-state index in [1.807, 2.05) is 35.2 Å². The fourth-order valence-corrected chi connectivity index (χ4v) is 5.11.